The average Bonchev–Trinajstić information content (AvgIpc) is 2.92. The molecule has 1 aromatic heterocycles. The largest absolute Gasteiger partial charge is 0.464 e. The van der Waals surface area contributed by atoms with Gasteiger partial charge in [-0.05, 0) is 42.7 Å². The molecule has 0 aliphatic heterocycles. The minimum Gasteiger partial charge on any atom is -0.464 e. The van der Waals surface area contributed by atoms with Crippen LogP contribution in [-0.2, 0) is 11.2 Å². The Morgan fingerprint density at radius 3 is 2.57 bits per heavy atom. The van der Waals surface area contributed by atoms with Gasteiger partial charge in [0.1, 0.15) is 5.58 Å². The van der Waals surface area contributed by atoms with Gasteiger partial charge in [0, 0.05) is 16.6 Å². The zero-order chi connectivity index (χ0) is 16.4. The molecule has 0 saturated heterocycles. The van der Waals surface area contributed by atoms with Crippen LogP contribution in [0.15, 0.2) is 53.1 Å². The summed E-state index contributed by atoms with van der Waals surface area (Å²) in [5.74, 6) is 0.412. The van der Waals surface area contributed by atoms with Gasteiger partial charge in [-0.25, -0.2) is 0 Å². The van der Waals surface area contributed by atoms with Gasteiger partial charge in [-0.2, -0.15) is 0 Å². The van der Waals surface area contributed by atoms with Crippen LogP contribution in [0.1, 0.15) is 36.5 Å². The molecule has 0 unspecified atom stereocenters. The highest BCUT2D eigenvalue weighted by Crippen LogP contribution is 2.26. The molecule has 0 saturated carbocycles. The van der Waals surface area contributed by atoms with E-state index in [-0.39, 0.29) is 5.91 Å². The lowest BCUT2D eigenvalue weighted by atomic mass is 10.00. The van der Waals surface area contributed by atoms with E-state index >= 15 is 0 Å². The molecule has 3 heteroatoms. The van der Waals surface area contributed by atoms with Gasteiger partial charge < -0.3 is 9.73 Å². The molecule has 23 heavy (non-hydrogen) atoms. The van der Waals surface area contributed by atoms with Crippen LogP contribution < -0.4 is 5.32 Å². The van der Waals surface area contributed by atoms with Gasteiger partial charge in [-0.1, -0.05) is 37.6 Å². The van der Waals surface area contributed by atoms with E-state index < -0.39 is 0 Å². The van der Waals surface area contributed by atoms with Crippen molar-refractivity contribution in [3.63, 3.8) is 0 Å². The van der Waals surface area contributed by atoms with Crippen LogP contribution in [0.5, 0.6) is 0 Å². The number of aryl methyl sites for hydroxylation is 1. The van der Waals surface area contributed by atoms with E-state index in [1.165, 1.54) is 11.1 Å². The molecule has 0 fully saturated rings. The fraction of sp³-hybridized carbons (Fsp3) is 0.250. The third-order valence-electron chi connectivity index (χ3n) is 4.03. The number of nitrogens with one attached hydrogen (secondary N) is 1. The Balaban J connectivity index is 1.79. The first kappa shape index (κ1) is 15.3. The first-order valence-corrected chi connectivity index (χ1v) is 7.89. The number of furan rings is 1. The maximum absolute atomic E-state index is 12.3. The van der Waals surface area contributed by atoms with E-state index in [0.717, 1.165) is 22.2 Å². The smallest absolute Gasteiger partial charge is 0.228 e. The Hall–Kier alpha value is -2.55. The number of benzene rings is 2. The van der Waals surface area contributed by atoms with Crippen LogP contribution in [0.2, 0.25) is 0 Å². The second-order valence-electron chi connectivity index (χ2n) is 6.26. The number of fused-ring (bicyclic) bond motifs is 1. The van der Waals surface area contributed by atoms with Crippen molar-refractivity contribution in [2.45, 2.75) is 33.1 Å². The van der Waals surface area contributed by atoms with Gasteiger partial charge in [-0.3, -0.25) is 4.79 Å². The Morgan fingerprint density at radius 1 is 1.13 bits per heavy atom. The van der Waals surface area contributed by atoms with Crippen molar-refractivity contribution in [3.8, 4) is 0 Å². The van der Waals surface area contributed by atoms with Gasteiger partial charge in [0.2, 0.25) is 5.91 Å². The summed E-state index contributed by atoms with van der Waals surface area (Å²) < 4.78 is 5.57. The number of hydrogen-bond acceptors (Lipinski definition) is 2. The highest BCUT2D eigenvalue weighted by Gasteiger charge is 2.12. The lowest BCUT2D eigenvalue weighted by Gasteiger charge is -2.06. The summed E-state index contributed by atoms with van der Waals surface area (Å²) in [7, 11) is 0. The predicted molar refractivity (Wildman–Crippen MR) is 93.8 cm³/mol. The fourth-order valence-corrected chi connectivity index (χ4v) is 2.61. The molecular weight excluding hydrogens is 286 g/mol. The molecule has 0 bridgehead atoms. The molecule has 0 aliphatic carbocycles. The van der Waals surface area contributed by atoms with Gasteiger partial charge in [0.05, 0.1) is 12.7 Å². The number of amides is 1. The van der Waals surface area contributed by atoms with E-state index in [1.54, 1.807) is 6.26 Å². The molecule has 0 spiro atoms. The van der Waals surface area contributed by atoms with Crippen LogP contribution in [-0.4, -0.2) is 5.91 Å². The van der Waals surface area contributed by atoms with Gasteiger partial charge >= 0.3 is 0 Å². The number of anilines is 1. The molecule has 1 amide bonds. The normalized spacial score (nSPS) is 11.1. The number of rotatable bonds is 4. The predicted octanol–water partition coefficient (Wildman–Crippen LogP) is 5.05. The van der Waals surface area contributed by atoms with Crippen LogP contribution in [0.3, 0.4) is 0 Å². The number of carbonyl (C=O) groups excluding carboxylic acids is 1. The Labute approximate surface area is 136 Å². The van der Waals surface area contributed by atoms with Gasteiger partial charge in [-0.15, -0.1) is 0 Å². The summed E-state index contributed by atoms with van der Waals surface area (Å²) in [6, 6.07) is 14.0. The first-order chi connectivity index (χ1) is 11.0. The molecule has 3 aromatic rings. The molecule has 0 atom stereocenters. The topological polar surface area (TPSA) is 42.2 Å². The monoisotopic (exact) mass is 307 g/mol. The standard InChI is InChI=1S/C20H21NO2/c1-13(2)15-6-9-19-18(10-15)16(12-23-19)11-20(22)21-17-7-4-14(3)5-8-17/h4-10,12-13H,11H2,1-3H3,(H,21,22). The van der Waals surface area contributed by atoms with Gasteiger partial charge in [0.25, 0.3) is 0 Å². The highest BCUT2D eigenvalue weighted by molar-refractivity contribution is 5.95. The summed E-state index contributed by atoms with van der Waals surface area (Å²) in [4.78, 5) is 12.3. The third-order valence-corrected chi connectivity index (χ3v) is 4.03. The maximum atomic E-state index is 12.3. The van der Waals surface area contributed by atoms with Crippen LogP contribution in [0.25, 0.3) is 11.0 Å². The van der Waals surface area contributed by atoms with Gasteiger partial charge in [0.15, 0.2) is 0 Å². The summed E-state index contributed by atoms with van der Waals surface area (Å²) in [5.41, 5.74) is 4.99. The third kappa shape index (κ3) is 3.45. The second-order valence-corrected chi connectivity index (χ2v) is 6.26. The van der Waals surface area contributed by atoms with E-state index in [0.29, 0.717) is 12.3 Å². The number of hydrogen-bond donors (Lipinski definition) is 1. The fourth-order valence-electron chi connectivity index (χ4n) is 2.61. The first-order valence-electron chi connectivity index (χ1n) is 7.89. The van der Waals surface area contributed by atoms with E-state index in [2.05, 4.69) is 31.3 Å². The van der Waals surface area contributed by atoms with Crippen molar-refractivity contribution in [1.82, 2.24) is 0 Å². The maximum Gasteiger partial charge on any atom is 0.228 e. The Kier molecular flexibility index (Phi) is 4.20. The van der Waals surface area contributed by atoms with E-state index in [9.17, 15) is 4.79 Å². The summed E-state index contributed by atoms with van der Waals surface area (Å²) in [5, 5.41) is 3.95. The SMILES string of the molecule is Cc1ccc(NC(=O)Cc2coc3ccc(C(C)C)cc23)cc1. The van der Waals surface area contributed by atoms with Crippen molar-refractivity contribution in [3.05, 3.63) is 65.4 Å². The molecule has 2 aromatic carbocycles. The minimum atomic E-state index is -0.0356. The highest BCUT2D eigenvalue weighted by atomic mass is 16.3. The second kappa shape index (κ2) is 6.29. The van der Waals surface area contributed by atoms with Crippen molar-refractivity contribution in [2.24, 2.45) is 0 Å². The summed E-state index contributed by atoms with van der Waals surface area (Å²) in [6.45, 7) is 6.34. The van der Waals surface area contributed by atoms with Crippen molar-refractivity contribution in [2.75, 3.05) is 5.32 Å². The Bertz CT molecular complexity index is 828. The zero-order valence-corrected chi connectivity index (χ0v) is 13.7. The van der Waals surface area contributed by atoms with Crippen LogP contribution in [0, 0.1) is 6.92 Å². The molecule has 1 heterocycles. The Morgan fingerprint density at radius 2 is 1.87 bits per heavy atom. The van der Waals surface area contributed by atoms with E-state index in [4.69, 9.17) is 4.42 Å². The average molecular weight is 307 g/mol. The lowest BCUT2D eigenvalue weighted by molar-refractivity contribution is -0.115. The minimum absolute atomic E-state index is 0.0356. The van der Waals surface area contributed by atoms with Crippen molar-refractivity contribution < 1.29 is 9.21 Å². The molecule has 0 aliphatic rings. The molecular formula is C20H21NO2. The molecule has 3 nitrogen and oxygen atoms in total. The van der Waals surface area contributed by atoms with Crippen LogP contribution >= 0.6 is 0 Å². The van der Waals surface area contributed by atoms with Crippen molar-refractivity contribution in [1.29, 1.82) is 0 Å². The molecule has 1 N–H and O–H groups in total. The lowest BCUT2D eigenvalue weighted by Crippen LogP contribution is -2.14. The summed E-state index contributed by atoms with van der Waals surface area (Å²) in [6.07, 6.45) is 1.99. The van der Waals surface area contributed by atoms with E-state index in [1.807, 2.05) is 37.3 Å². The molecule has 3 rings (SSSR count). The quantitative estimate of drug-likeness (QED) is 0.733. The zero-order valence-electron chi connectivity index (χ0n) is 13.7. The van der Waals surface area contributed by atoms with Crippen LogP contribution in [0.4, 0.5) is 5.69 Å². The van der Waals surface area contributed by atoms with Crippen molar-refractivity contribution >= 4 is 22.6 Å². The molecule has 118 valence electrons. The summed E-state index contributed by atoms with van der Waals surface area (Å²) >= 11 is 0. The molecule has 0 radical (unpaired) electrons. The number of carbonyl (C=O) groups is 1.